The normalized spacial score (nSPS) is 20.0. The summed E-state index contributed by atoms with van der Waals surface area (Å²) in [6.45, 7) is 6.77. The van der Waals surface area contributed by atoms with Crippen LogP contribution in [0.25, 0.3) is 0 Å². The largest absolute Gasteiger partial charge is 0.356 e. The van der Waals surface area contributed by atoms with Gasteiger partial charge in [0, 0.05) is 26.7 Å². The van der Waals surface area contributed by atoms with Crippen LogP contribution in [0.1, 0.15) is 37.8 Å². The van der Waals surface area contributed by atoms with E-state index >= 15 is 0 Å². The Balaban J connectivity index is 1.76. The van der Waals surface area contributed by atoms with E-state index < -0.39 is 5.54 Å². The van der Waals surface area contributed by atoms with Crippen LogP contribution in [-0.4, -0.2) is 48.5 Å². The van der Waals surface area contributed by atoms with Gasteiger partial charge >= 0.3 is 6.03 Å². The third kappa shape index (κ3) is 4.96. The van der Waals surface area contributed by atoms with Gasteiger partial charge < -0.3 is 16.0 Å². The number of benzene rings is 1. The molecular formula is C19H28FN5O2. The molecule has 1 aliphatic heterocycles. The van der Waals surface area contributed by atoms with Crippen LogP contribution in [0, 0.1) is 12.7 Å². The van der Waals surface area contributed by atoms with E-state index in [2.05, 4.69) is 20.9 Å². The Morgan fingerprint density at radius 3 is 2.67 bits per heavy atom. The van der Waals surface area contributed by atoms with Crippen molar-refractivity contribution in [3.63, 3.8) is 0 Å². The Morgan fingerprint density at radius 2 is 2.07 bits per heavy atom. The lowest BCUT2D eigenvalue weighted by atomic mass is 9.99. The highest BCUT2D eigenvalue weighted by molar-refractivity contribution is 6.06. The number of carbonyl (C=O) groups is 2. The second-order valence-corrected chi connectivity index (χ2v) is 6.86. The number of nitrogens with zero attached hydrogens (tertiary/aromatic N) is 2. The summed E-state index contributed by atoms with van der Waals surface area (Å²) < 4.78 is 13.3. The van der Waals surface area contributed by atoms with Crippen LogP contribution in [0.5, 0.6) is 0 Å². The zero-order chi connectivity index (χ0) is 20.0. The SMILES string of the molecule is CCC1(C)NC(=O)N(CCCNC(=NC)NCc2ccc(F)c(C)c2)C1=O. The number of imide groups is 1. The van der Waals surface area contributed by atoms with Gasteiger partial charge in [0.25, 0.3) is 5.91 Å². The molecule has 1 aliphatic rings. The fourth-order valence-corrected chi connectivity index (χ4v) is 2.86. The summed E-state index contributed by atoms with van der Waals surface area (Å²) in [5, 5.41) is 9.05. The number of urea groups is 1. The van der Waals surface area contributed by atoms with Gasteiger partial charge in [-0.05, 0) is 43.9 Å². The Labute approximate surface area is 159 Å². The van der Waals surface area contributed by atoms with Crippen molar-refractivity contribution in [3.05, 3.63) is 35.1 Å². The molecule has 0 aliphatic carbocycles. The number of halogens is 1. The lowest BCUT2D eigenvalue weighted by molar-refractivity contribution is -0.130. The topological polar surface area (TPSA) is 85.8 Å². The number of guanidine groups is 1. The van der Waals surface area contributed by atoms with Crippen molar-refractivity contribution in [2.24, 2.45) is 4.99 Å². The lowest BCUT2D eigenvalue weighted by Crippen LogP contribution is -2.43. The highest BCUT2D eigenvalue weighted by Crippen LogP contribution is 2.20. The minimum Gasteiger partial charge on any atom is -0.356 e. The Hall–Kier alpha value is -2.64. The minimum atomic E-state index is -0.796. The van der Waals surface area contributed by atoms with Crippen molar-refractivity contribution in [1.29, 1.82) is 0 Å². The Bertz CT molecular complexity index is 737. The first-order valence-corrected chi connectivity index (χ1v) is 9.14. The second-order valence-electron chi connectivity index (χ2n) is 6.86. The van der Waals surface area contributed by atoms with Gasteiger partial charge in [-0.15, -0.1) is 0 Å². The molecule has 1 aromatic carbocycles. The third-order valence-corrected chi connectivity index (χ3v) is 4.81. The van der Waals surface area contributed by atoms with Crippen molar-refractivity contribution in [2.45, 2.75) is 45.7 Å². The van der Waals surface area contributed by atoms with E-state index in [0.29, 0.717) is 44.0 Å². The molecule has 148 valence electrons. The van der Waals surface area contributed by atoms with Crippen molar-refractivity contribution >= 4 is 17.9 Å². The third-order valence-electron chi connectivity index (χ3n) is 4.81. The van der Waals surface area contributed by atoms with E-state index in [-0.39, 0.29) is 17.8 Å². The molecule has 2 rings (SSSR count). The average molecular weight is 377 g/mol. The van der Waals surface area contributed by atoms with Gasteiger partial charge in [-0.1, -0.05) is 19.1 Å². The van der Waals surface area contributed by atoms with Gasteiger partial charge in [-0.25, -0.2) is 9.18 Å². The standard InChI is InChI=1S/C19H28FN5O2/c1-5-19(3)16(26)25(18(27)24-19)10-6-9-22-17(21-4)23-12-14-7-8-15(20)13(2)11-14/h7-8,11H,5-6,9-10,12H2,1-4H3,(H,24,27)(H2,21,22,23). The molecule has 0 aromatic heterocycles. The summed E-state index contributed by atoms with van der Waals surface area (Å²) in [7, 11) is 1.66. The van der Waals surface area contributed by atoms with E-state index in [1.54, 1.807) is 33.0 Å². The predicted molar refractivity (Wildman–Crippen MR) is 103 cm³/mol. The number of hydrogen-bond donors (Lipinski definition) is 3. The average Bonchev–Trinajstić information content (AvgIpc) is 2.87. The number of nitrogens with one attached hydrogen (secondary N) is 3. The number of rotatable bonds is 7. The van der Waals surface area contributed by atoms with E-state index in [9.17, 15) is 14.0 Å². The van der Waals surface area contributed by atoms with Crippen molar-refractivity contribution in [2.75, 3.05) is 20.1 Å². The van der Waals surface area contributed by atoms with E-state index in [4.69, 9.17) is 0 Å². The van der Waals surface area contributed by atoms with E-state index in [0.717, 1.165) is 5.56 Å². The first-order chi connectivity index (χ1) is 12.8. The van der Waals surface area contributed by atoms with Crippen LogP contribution >= 0.6 is 0 Å². The molecule has 27 heavy (non-hydrogen) atoms. The summed E-state index contributed by atoms with van der Waals surface area (Å²) in [4.78, 5) is 29.7. The van der Waals surface area contributed by atoms with Gasteiger partial charge in [0.05, 0.1) is 0 Å². The van der Waals surface area contributed by atoms with Crippen molar-refractivity contribution in [1.82, 2.24) is 20.9 Å². The molecule has 7 nitrogen and oxygen atoms in total. The van der Waals surface area contributed by atoms with Crippen LogP contribution in [0.15, 0.2) is 23.2 Å². The molecular weight excluding hydrogens is 349 g/mol. The van der Waals surface area contributed by atoms with Gasteiger partial charge in [0.1, 0.15) is 11.4 Å². The van der Waals surface area contributed by atoms with Gasteiger partial charge in [0.15, 0.2) is 5.96 Å². The molecule has 1 aromatic rings. The second kappa shape index (κ2) is 8.83. The highest BCUT2D eigenvalue weighted by Gasteiger charge is 2.45. The predicted octanol–water partition coefficient (Wildman–Crippen LogP) is 1.91. The van der Waals surface area contributed by atoms with E-state index in [1.165, 1.54) is 11.0 Å². The molecule has 1 atom stereocenters. The van der Waals surface area contributed by atoms with Crippen LogP contribution in [0.4, 0.5) is 9.18 Å². The molecule has 0 saturated carbocycles. The quantitative estimate of drug-likeness (QED) is 0.293. The number of hydrogen-bond acceptors (Lipinski definition) is 3. The molecule has 1 fully saturated rings. The zero-order valence-corrected chi connectivity index (χ0v) is 16.4. The Morgan fingerprint density at radius 1 is 1.33 bits per heavy atom. The molecule has 0 bridgehead atoms. The zero-order valence-electron chi connectivity index (χ0n) is 16.4. The van der Waals surface area contributed by atoms with Crippen LogP contribution in [-0.2, 0) is 11.3 Å². The first kappa shape index (κ1) is 20.7. The minimum absolute atomic E-state index is 0.177. The number of amides is 3. The fourth-order valence-electron chi connectivity index (χ4n) is 2.86. The first-order valence-electron chi connectivity index (χ1n) is 9.14. The maximum absolute atomic E-state index is 13.3. The molecule has 1 unspecified atom stereocenters. The summed E-state index contributed by atoms with van der Waals surface area (Å²) >= 11 is 0. The molecule has 1 saturated heterocycles. The van der Waals surface area contributed by atoms with Gasteiger partial charge in [0.2, 0.25) is 0 Å². The smallest absolute Gasteiger partial charge is 0.325 e. The summed E-state index contributed by atoms with van der Waals surface area (Å²) in [5.41, 5.74) is 0.759. The van der Waals surface area contributed by atoms with Crippen molar-refractivity contribution in [3.8, 4) is 0 Å². The van der Waals surface area contributed by atoms with Crippen LogP contribution in [0.2, 0.25) is 0 Å². The summed E-state index contributed by atoms with van der Waals surface area (Å²) in [5.74, 6) is 0.206. The lowest BCUT2D eigenvalue weighted by Gasteiger charge is -2.19. The molecule has 0 radical (unpaired) electrons. The molecule has 3 amide bonds. The number of aryl methyl sites for hydroxylation is 1. The van der Waals surface area contributed by atoms with Crippen LogP contribution in [0.3, 0.4) is 0 Å². The monoisotopic (exact) mass is 377 g/mol. The number of carbonyl (C=O) groups excluding carboxylic acids is 2. The Kier molecular flexibility index (Phi) is 6.76. The summed E-state index contributed by atoms with van der Waals surface area (Å²) in [6.07, 6.45) is 1.17. The molecule has 1 heterocycles. The van der Waals surface area contributed by atoms with Crippen molar-refractivity contribution < 1.29 is 14.0 Å². The van der Waals surface area contributed by atoms with Gasteiger partial charge in [-0.2, -0.15) is 0 Å². The number of aliphatic imine (C=N–C) groups is 1. The fraction of sp³-hybridized carbons (Fsp3) is 0.526. The molecule has 0 spiro atoms. The molecule has 3 N–H and O–H groups in total. The summed E-state index contributed by atoms with van der Waals surface area (Å²) in [6, 6.07) is 4.63. The van der Waals surface area contributed by atoms with Gasteiger partial charge in [-0.3, -0.25) is 14.7 Å². The van der Waals surface area contributed by atoms with Crippen LogP contribution < -0.4 is 16.0 Å². The molecule has 8 heteroatoms. The van der Waals surface area contributed by atoms with E-state index in [1.807, 2.05) is 6.92 Å². The maximum atomic E-state index is 13.3. The highest BCUT2D eigenvalue weighted by atomic mass is 19.1. The maximum Gasteiger partial charge on any atom is 0.325 e.